The molecular formula is C16H24ClNO. The maximum atomic E-state index is 5.95. The summed E-state index contributed by atoms with van der Waals surface area (Å²) in [5, 5.41) is 4.11. The number of rotatable bonds is 6. The molecule has 1 aliphatic rings. The third kappa shape index (κ3) is 4.79. The first-order valence-electron chi connectivity index (χ1n) is 7.22. The van der Waals surface area contributed by atoms with Gasteiger partial charge in [-0.1, -0.05) is 23.7 Å². The first kappa shape index (κ1) is 14.8. The summed E-state index contributed by atoms with van der Waals surface area (Å²) in [4.78, 5) is 0. The topological polar surface area (TPSA) is 21.3 Å². The number of nitrogens with one attached hydrogen (secondary N) is 1. The van der Waals surface area contributed by atoms with Crippen LogP contribution in [-0.2, 0) is 11.2 Å². The molecule has 3 unspecified atom stereocenters. The second-order valence-electron chi connectivity index (χ2n) is 5.64. The normalized spacial score (nSPS) is 24.6. The minimum Gasteiger partial charge on any atom is -0.375 e. The fourth-order valence-corrected chi connectivity index (χ4v) is 3.04. The predicted octanol–water partition coefficient (Wildman–Crippen LogP) is 3.68. The van der Waals surface area contributed by atoms with E-state index in [4.69, 9.17) is 16.3 Å². The second-order valence-corrected chi connectivity index (χ2v) is 6.07. The van der Waals surface area contributed by atoms with Gasteiger partial charge in [-0.2, -0.15) is 0 Å². The van der Waals surface area contributed by atoms with E-state index in [0.717, 1.165) is 24.4 Å². The van der Waals surface area contributed by atoms with Gasteiger partial charge < -0.3 is 10.1 Å². The Morgan fingerprint density at radius 3 is 2.63 bits per heavy atom. The summed E-state index contributed by atoms with van der Waals surface area (Å²) in [5.41, 5.74) is 1.36. The number of halogens is 1. The third-order valence-corrected chi connectivity index (χ3v) is 4.10. The van der Waals surface area contributed by atoms with Crippen molar-refractivity contribution in [1.82, 2.24) is 5.32 Å². The smallest absolute Gasteiger partial charge is 0.0583 e. The Bertz CT molecular complexity index is 379. The van der Waals surface area contributed by atoms with Gasteiger partial charge in [0.1, 0.15) is 0 Å². The molecule has 0 aliphatic carbocycles. The molecule has 1 saturated heterocycles. The molecule has 1 heterocycles. The van der Waals surface area contributed by atoms with Crippen molar-refractivity contribution < 1.29 is 4.74 Å². The van der Waals surface area contributed by atoms with Gasteiger partial charge >= 0.3 is 0 Å². The molecular weight excluding hydrogens is 258 g/mol. The van der Waals surface area contributed by atoms with Crippen molar-refractivity contribution in [2.75, 3.05) is 13.6 Å². The summed E-state index contributed by atoms with van der Waals surface area (Å²) in [7, 11) is 2.02. The van der Waals surface area contributed by atoms with Gasteiger partial charge in [-0.25, -0.2) is 0 Å². The quantitative estimate of drug-likeness (QED) is 0.859. The van der Waals surface area contributed by atoms with E-state index in [9.17, 15) is 0 Å². The van der Waals surface area contributed by atoms with Crippen molar-refractivity contribution >= 4 is 11.6 Å². The van der Waals surface area contributed by atoms with E-state index >= 15 is 0 Å². The fourth-order valence-electron chi connectivity index (χ4n) is 2.91. The summed E-state index contributed by atoms with van der Waals surface area (Å²) in [6, 6.07) is 8.20. The molecule has 0 amide bonds. The molecule has 2 rings (SSSR count). The van der Waals surface area contributed by atoms with Gasteiger partial charge in [-0.05, 0) is 69.8 Å². The molecule has 3 heteroatoms. The van der Waals surface area contributed by atoms with E-state index in [2.05, 4.69) is 24.4 Å². The van der Waals surface area contributed by atoms with Crippen LogP contribution in [0.5, 0.6) is 0 Å². The van der Waals surface area contributed by atoms with Gasteiger partial charge in [0.2, 0.25) is 0 Å². The highest BCUT2D eigenvalue weighted by Crippen LogP contribution is 2.26. The van der Waals surface area contributed by atoms with Crippen LogP contribution < -0.4 is 5.32 Å². The average molecular weight is 282 g/mol. The molecule has 1 aromatic rings. The maximum Gasteiger partial charge on any atom is 0.0583 e. The molecule has 0 bridgehead atoms. The van der Waals surface area contributed by atoms with Crippen LogP contribution in [0, 0.1) is 5.92 Å². The minimum atomic E-state index is 0.441. The highest BCUT2D eigenvalue weighted by molar-refractivity contribution is 6.30. The van der Waals surface area contributed by atoms with Crippen molar-refractivity contribution in [3.05, 3.63) is 34.9 Å². The predicted molar refractivity (Wildman–Crippen MR) is 80.8 cm³/mol. The van der Waals surface area contributed by atoms with Crippen molar-refractivity contribution in [1.29, 1.82) is 0 Å². The molecule has 2 nitrogen and oxygen atoms in total. The van der Waals surface area contributed by atoms with Gasteiger partial charge in [-0.3, -0.25) is 0 Å². The van der Waals surface area contributed by atoms with Crippen molar-refractivity contribution in [3.63, 3.8) is 0 Å². The molecule has 1 N–H and O–H groups in total. The maximum absolute atomic E-state index is 5.95. The summed E-state index contributed by atoms with van der Waals surface area (Å²) in [6.45, 7) is 3.21. The van der Waals surface area contributed by atoms with Gasteiger partial charge in [0, 0.05) is 5.02 Å². The Kier molecular flexibility index (Phi) is 5.68. The lowest BCUT2D eigenvalue weighted by molar-refractivity contribution is 0.0409. The molecule has 3 atom stereocenters. The second kappa shape index (κ2) is 7.28. The molecule has 1 aromatic carbocycles. The molecule has 106 valence electrons. The van der Waals surface area contributed by atoms with E-state index < -0.39 is 0 Å². The Morgan fingerprint density at radius 1 is 1.32 bits per heavy atom. The van der Waals surface area contributed by atoms with Crippen molar-refractivity contribution in [2.24, 2.45) is 5.92 Å². The van der Waals surface area contributed by atoms with Gasteiger partial charge in [-0.15, -0.1) is 0 Å². The number of ether oxygens (including phenoxy) is 1. The zero-order valence-electron chi connectivity index (χ0n) is 11.9. The van der Waals surface area contributed by atoms with Crippen LogP contribution in [0.15, 0.2) is 24.3 Å². The first-order valence-corrected chi connectivity index (χ1v) is 7.59. The van der Waals surface area contributed by atoms with E-state index in [-0.39, 0.29) is 0 Å². The first-order chi connectivity index (χ1) is 9.17. The van der Waals surface area contributed by atoms with Crippen molar-refractivity contribution in [2.45, 2.75) is 44.8 Å². The largest absolute Gasteiger partial charge is 0.375 e. The Labute approximate surface area is 121 Å². The summed E-state index contributed by atoms with van der Waals surface area (Å²) >= 11 is 5.93. The molecule has 0 radical (unpaired) electrons. The van der Waals surface area contributed by atoms with Gasteiger partial charge in [0.15, 0.2) is 0 Å². The fraction of sp³-hybridized carbons (Fsp3) is 0.625. The lowest BCUT2D eigenvalue weighted by atomic mass is 9.92. The zero-order valence-corrected chi connectivity index (χ0v) is 12.6. The Morgan fingerprint density at radius 2 is 2.05 bits per heavy atom. The Hall–Kier alpha value is -0.570. The molecule has 0 spiro atoms. The van der Waals surface area contributed by atoms with Gasteiger partial charge in [0.25, 0.3) is 0 Å². The van der Waals surface area contributed by atoms with Crippen LogP contribution in [0.3, 0.4) is 0 Å². The van der Waals surface area contributed by atoms with Crippen LogP contribution in [0.25, 0.3) is 0 Å². The summed E-state index contributed by atoms with van der Waals surface area (Å²) < 4.78 is 5.95. The van der Waals surface area contributed by atoms with E-state index in [1.54, 1.807) is 0 Å². The molecule has 19 heavy (non-hydrogen) atoms. The van der Waals surface area contributed by atoms with Crippen molar-refractivity contribution in [3.8, 4) is 0 Å². The standard InChI is InChI=1S/C16H24ClNO/c1-12-3-8-16(19-12)10-14(11-18-2)9-13-4-6-15(17)7-5-13/h4-7,12,14,16,18H,3,8-11H2,1-2H3. The Balaban J connectivity index is 1.90. The number of hydrogen-bond acceptors (Lipinski definition) is 2. The van der Waals surface area contributed by atoms with E-state index in [1.165, 1.54) is 18.4 Å². The third-order valence-electron chi connectivity index (χ3n) is 3.85. The molecule has 1 aliphatic heterocycles. The highest BCUT2D eigenvalue weighted by Gasteiger charge is 2.24. The minimum absolute atomic E-state index is 0.441. The lowest BCUT2D eigenvalue weighted by Crippen LogP contribution is -2.25. The molecule has 1 fully saturated rings. The van der Waals surface area contributed by atoms with Crippen LogP contribution in [0.1, 0.15) is 31.7 Å². The van der Waals surface area contributed by atoms with Crippen LogP contribution in [0.2, 0.25) is 5.02 Å². The highest BCUT2D eigenvalue weighted by atomic mass is 35.5. The van der Waals surface area contributed by atoms with E-state index in [1.807, 2.05) is 19.2 Å². The van der Waals surface area contributed by atoms with Crippen LogP contribution in [-0.4, -0.2) is 25.8 Å². The monoisotopic (exact) mass is 281 g/mol. The lowest BCUT2D eigenvalue weighted by Gasteiger charge is -2.21. The number of hydrogen-bond donors (Lipinski definition) is 1. The summed E-state index contributed by atoms with van der Waals surface area (Å²) in [5.74, 6) is 0.626. The molecule has 0 aromatic heterocycles. The van der Waals surface area contributed by atoms with Crippen LogP contribution >= 0.6 is 11.6 Å². The SMILES string of the molecule is CNCC(Cc1ccc(Cl)cc1)CC1CCC(C)O1. The van der Waals surface area contributed by atoms with Crippen LogP contribution in [0.4, 0.5) is 0 Å². The average Bonchev–Trinajstić information content (AvgIpc) is 2.78. The van der Waals surface area contributed by atoms with Gasteiger partial charge in [0.05, 0.1) is 12.2 Å². The molecule has 0 saturated carbocycles. The number of benzene rings is 1. The summed E-state index contributed by atoms with van der Waals surface area (Å²) in [6.07, 6.45) is 5.54. The zero-order chi connectivity index (χ0) is 13.7. The van der Waals surface area contributed by atoms with E-state index in [0.29, 0.717) is 18.1 Å².